The van der Waals surface area contributed by atoms with Crippen LogP contribution in [0.4, 0.5) is 5.69 Å². The van der Waals surface area contributed by atoms with Gasteiger partial charge in [0.2, 0.25) is 11.8 Å². The number of methoxy groups -OCH3 is 1. The number of amides is 2. The second-order valence-corrected chi connectivity index (χ2v) is 7.78. The first kappa shape index (κ1) is 20.1. The Labute approximate surface area is 175 Å². The van der Waals surface area contributed by atoms with Gasteiger partial charge >= 0.3 is 0 Å². The molecule has 2 aromatic rings. The number of aryl methyl sites for hydroxylation is 1. The second kappa shape index (κ2) is 8.69. The number of carbonyl (C=O) groups is 2. The molecule has 2 aliphatic rings. The van der Waals surface area contributed by atoms with E-state index in [9.17, 15) is 9.59 Å². The van der Waals surface area contributed by atoms with Crippen molar-refractivity contribution in [3.63, 3.8) is 0 Å². The van der Waals surface area contributed by atoms with Gasteiger partial charge in [-0.1, -0.05) is 17.7 Å². The van der Waals surface area contributed by atoms with Crippen LogP contribution in [0.25, 0.3) is 0 Å². The molecule has 2 fully saturated rings. The molecule has 1 aromatic heterocycles. The topological polar surface area (TPSA) is 84.9 Å². The van der Waals surface area contributed by atoms with Crippen LogP contribution in [-0.2, 0) is 9.59 Å². The van der Waals surface area contributed by atoms with Crippen LogP contribution >= 0.6 is 0 Å². The third kappa shape index (κ3) is 4.22. The van der Waals surface area contributed by atoms with Gasteiger partial charge in [0, 0.05) is 37.6 Å². The van der Waals surface area contributed by atoms with Crippen LogP contribution in [-0.4, -0.2) is 59.5 Å². The number of likely N-dealkylation sites (tertiary alicyclic amines) is 1. The van der Waals surface area contributed by atoms with Crippen molar-refractivity contribution >= 4 is 17.5 Å². The van der Waals surface area contributed by atoms with Crippen LogP contribution in [0.3, 0.4) is 0 Å². The van der Waals surface area contributed by atoms with Gasteiger partial charge in [0.1, 0.15) is 6.10 Å². The van der Waals surface area contributed by atoms with E-state index in [2.05, 4.69) is 9.97 Å². The van der Waals surface area contributed by atoms with E-state index in [0.29, 0.717) is 31.4 Å². The van der Waals surface area contributed by atoms with Crippen LogP contribution in [0.5, 0.6) is 11.8 Å². The van der Waals surface area contributed by atoms with Gasteiger partial charge in [-0.25, -0.2) is 9.97 Å². The fraction of sp³-hybridized carbons (Fsp3) is 0.455. The van der Waals surface area contributed by atoms with Crippen LogP contribution in [0, 0.1) is 12.8 Å². The molecule has 2 atom stereocenters. The monoisotopic (exact) mass is 410 g/mol. The van der Waals surface area contributed by atoms with Crippen molar-refractivity contribution < 1.29 is 19.1 Å². The van der Waals surface area contributed by atoms with E-state index in [0.717, 1.165) is 24.1 Å². The lowest BCUT2D eigenvalue weighted by Gasteiger charge is -2.34. The summed E-state index contributed by atoms with van der Waals surface area (Å²) in [5.41, 5.74) is 1.98. The highest BCUT2D eigenvalue weighted by atomic mass is 16.5. The molecule has 158 valence electrons. The standard InChI is InChI=1S/C22H26N4O4/c1-15-5-7-17(8-6-15)26-13-16(12-19(26)27)22(28)25-11-3-4-18(14-25)30-21-20(29-2)23-9-10-24-21/h5-10,16,18H,3-4,11-14H2,1-2H3. The maximum Gasteiger partial charge on any atom is 0.278 e. The predicted molar refractivity (Wildman–Crippen MR) is 110 cm³/mol. The quantitative estimate of drug-likeness (QED) is 0.751. The van der Waals surface area contributed by atoms with E-state index in [1.54, 1.807) is 17.3 Å². The number of piperidine rings is 1. The van der Waals surface area contributed by atoms with Crippen molar-refractivity contribution in [1.29, 1.82) is 0 Å². The average molecular weight is 410 g/mol. The highest BCUT2D eigenvalue weighted by Crippen LogP contribution is 2.29. The number of benzene rings is 1. The highest BCUT2D eigenvalue weighted by Gasteiger charge is 2.38. The van der Waals surface area contributed by atoms with E-state index >= 15 is 0 Å². The third-order valence-electron chi connectivity index (χ3n) is 5.61. The lowest BCUT2D eigenvalue weighted by Crippen LogP contribution is -2.47. The molecule has 0 aliphatic carbocycles. The molecular weight excluding hydrogens is 384 g/mol. The second-order valence-electron chi connectivity index (χ2n) is 7.78. The first-order chi connectivity index (χ1) is 14.5. The lowest BCUT2D eigenvalue weighted by atomic mass is 10.0. The number of ether oxygens (including phenoxy) is 2. The Morgan fingerprint density at radius 1 is 1.10 bits per heavy atom. The molecule has 2 amide bonds. The molecule has 1 aromatic carbocycles. The number of hydrogen-bond donors (Lipinski definition) is 0. The Morgan fingerprint density at radius 3 is 2.57 bits per heavy atom. The summed E-state index contributed by atoms with van der Waals surface area (Å²) in [7, 11) is 1.52. The maximum absolute atomic E-state index is 13.1. The molecule has 8 heteroatoms. The van der Waals surface area contributed by atoms with Gasteiger partial charge in [-0.2, -0.15) is 0 Å². The number of nitrogens with zero attached hydrogens (tertiary/aromatic N) is 4. The zero-order chi connectivity index (χ0) is 21.1. The average Bonchev–Trinajstić information content (AvgIpc) is 3.16. The van der Waals surface area contributed by atoms with Gasteiger partial charge < -0.3 is 19.3 Å². The lowest BCUT2D eigenvalue weighted by molar-refractivity contribution is -0.138. The Balaban J connectivity index is 1.39. The van der Waals surface area contributed by atoms with E-state index < -0.39 is 0 Å². The maximum atomic E-state index is 13.1. The SMILES string of the molecule is COc1nccnc1OC1CCCN(C(=O)C2CC(=O)N(c3ccc(C)cc3)C2)C1. The fourth-order valence-corrected chi connectivity index (χ4v) is 4.03. The molecule has 2 unspecified atom stereocenters. The van der Waals surface area contributed by atoms with E-state index in [4.69, 9.17) is 9.47 Å². The van der Waals surface area contributed by atoms with E-state index in [1.807, 2.05) is 36.1 Å². The molecule has 0 N–H and O–H groups in total. The van der Waals surface area contributed by atoms with Gasteiger partial charge in [0.05, 0.1) is 19.6 Å². The van der Waals surface area contributed by atoms with Crippen molar-refractivity contribution in [1.82, 2.24) is 14.9 Å². The summed E-state index contributed by atoms with van der Waals surface area (Å²) < 4.78 is 11.2. The van der Waals surface area contributed by atoms with E-state index in [1.165, 1.54) is 7.11 Å². The fourth-order valence-electron chi connectivity index (χ4n) is 4.03. The van der Waals surface area contributed by atoms with E-state index in [-0.39, 0.29) is 30.3 Å². The minimum Gasteiger partial charge on any atom is -0.477 e. The molecule has 8 nitrogen and oxygen atoms in total. The molecular formula is C22H26N4O4. The molecule has 2 aliphatic heterocycles. The van der Waals surface area contributed by atoms with Gasteiger partial charge in [0.15, 0.2) is 0 Å². The van der Waals surface area contributed by atoms with Crippen LogP contribution < -0.4 is 14.4 Å². The van der Waals surface area contributed by atoms with Gasteiger partial charge in [-0.15, -0.1) is 0 Å². The molecule has 0 saturated carbocycles. The summed E-state index contributed by atoms with van der Waals surface area (Å²) in [5.74, 6) is 0.337. The molecule has 0 bridgehead atoms. The first-order valence-electron chi connectivity index (χ1n) is 10.2. The van der Waals surface area contributed by atoms with Gasteiger partial charge in [-0.05, 0) is 31.9 Å². The van der Waals surface area contributed by atoms with Crippen LogP contribution in [0.2, 0.25) is 0 Å². The Kier molecular flexibility index (Phi) is 5.83. The Morgan fingerprint density at radius 2 is 1.83 bits per heavy atom. The number of aromatic nitrogens is 2. The van der Waals surface area contributed by atoms with Crippen LogP contribution in [0.1, 0.15) is 24.8 Å². The smallest absolute Gasteiger partial charge is 0.278 e. The zero-order valence-corrected chi connectivity index (χ0v) is 17.3. The molecule has 4 rings (SSSR count). The normalized spacial score (nSPS) is 21.6. The summed E-state index contributed by atoms with van der Waals surface area (Å²) in [6, 6.07) is 7.81. The molecule has 0 radical (unpaired) electrons. The third-order valence-corrected chi connectivity index (χ3v) is 5.61. The molecule has 0 spiro atoms. The minimum atomic E-state index is -0.330. The van der Waals surface area contributed by atoms with Gasteiger partial charge in [-0.3, -0.25) is 9.59 Å². The predicted octanol–water partition coefficient (Wildman–Crippen LogP) is 2.22. The van der Waals surface area contributed by atoms with Crippen molar-refractivity contribution in [2.45, 2.75) is 32.3 Å². The number of anilines is 1. The van der Waals surface area contributed by atoms with Gasteiger partial charge in [0.25, 0.3) is 11.8 Å². The largest absolute Gasteiger partial charge is 0.477 e. The first-order valence-corrected chi connectivity index (χ1v) is 10.2. The van der Waals surface area contributed by atoms with Crippen molar-refractivity contribution in [2.24, 2.45) is 5.92 Å². The van der Waals surface area contributed by atoms with Crippen molar-refractivity contribution in [2.75, 3.05) is 31.6 Å². The molecule has 3 heterocycles. The minimum absolute atomic E-state index is 0.00805. The molecule has 30 heavy (non-hydrogen) atoms. The number of carbonyl (C=O) groups excluding carboxylic acids is 2. The summed E-state index contributed by atoms with van der Waals surface area (Å²) in [6.07, 6.45) is 4.81. The summed E-state index contributed by atoms with van der Waals surface area (Å²) >= 11 is 0. The van der Waals surface area contributed by atoms with Crippen LogP contribution in [0.15, 0.2) is 36.7 Å². The Hall–Kier alpha value is -3.16. The van der Waals surface area contributed by atoms with Crippen molar-refractivity contribution in [3.8, 4) is 11.8 Å². The summed E-state index contributed by atoms with van der Waals surface area (Å²) in [5, 5.41) is 0. The number of hydrogen-bond acceptors (Lipinski definition) is 6. The summed E-state index contributed by atoms with van der Waals surface area (Å²) in [6.45, 7) is 3.56. The number of rotatable bonds is 5. The summed E-state index contributed by atoms with van der Waals surface area (Å²) in [4.78, 5) is 37.5. The zero-order valence-electron chi connectivity index (χ0n) is 17.3. The van der Waals surface area contributed by atoms with Crippen molar-refractivity contribution in [3.05, 3.63) is 42.2 Å². The highest BCUT2D eigenvalue weighted by molar-refractivity contribution is 6.00. The molecule has 2 saturated heterocycles. The Bertz CT molecular complexity index is 918.